The SMILES string of the molecule is C[C@H]([O-])CN1CCN(Cc2cn(Cc3ccccc3)nn2)CCN(C[C@H](C)O)CC1.[Fe+6]. The number of benzene rings is 1. The zero-order valence-electron chi connectivity index (χ0n) is 18.6. The molecule has 9 heteroatoms. The molecular formula is C22H35FeN6O2+5. The van der Waals surface area contributed by atoms with Crippen LogP contribution in [0.3, 0.4) is 0 Å². The van der Waals surface area contributed by atoms with Crippen molar-refractivity contribution in [3.8, 4) is 0 Å². The Balaban J connectivity index is 0.00000341. The molecule has 1 aromatic carbocycles. The quantitative estimate of drug-likeness (QED) is 0.538. The minimum Gasteiger partial charge on any atom is -0.851 e. The second-order valence-electron chi connectivity index (χ2n) is 8.43. The molecule has 1 aliphatic rings. The number of aliphatic hydroxyl groups is 1. The van der Waals surface area contributed by atoms with Crippen LogP contribution in [0.25, 0.3) is 0 Å². The van der Waals surface area contributed by atoms with Crippen LogP contribution in [0, 0.1) is 0 Å². The van der Waals surface area contributed by atoms with Crippen LogP contribution in [-0.2, 0) is 30.2 Å². The number of rotatable bonds is 8. The van der Waals surface area contributed by atoms with Crippen molar-refractivity contribution >= 4 is 0 Å². The monoisotopic (exact) mass is 471 g/mol. The molecule has 168 valence electrons. The number of β-amino-alcohol motifs (C(OH)–C–C–N with tert-alkyl or cyclic N) is 1. The molecule has 0 unspecified atom stereocenters. The van der Waals surface area contributed by atoms with Crippen molar-refractivity contribution < 1.29 is 27.3 Å². The van der Waals surface area contributed by atoms with E-state index >= 15 is 0 Å². The maximum atomic E-state index is 11.7. The van der Waals surface area contributed by atoms with E-state index in [2.05, 4.69) is 37.1 Å². The minimum atomic E-state index is -0.595. The van der Waals surface area contributed by atoms with Crippen LogP contribution in [-0.4, -0.2) is 99.4 Å². The van der Waals surface area contributed by atoms with E-state index < -0.39 is 6.10 Å². The summed E-state index contributed by atoms with van der Waals surface area (Å²) in [7, 11) is 0. The Morgan fingerprint density at radius 3 is 2.06 bits per heavy atom. The predicted molar refractivity (Wildman–Crippen MR) is 115 cm³/mol. The minimum absolute atomic E-state index is 0. The summed E-state index contributed by atoms with van der Waals surface area (Å²) >= 11 is 0. The first kappa shape index (κ1) is 25.9. The maximum absolute atomic E-state index is 11.7. The van der Waals surface area contributed by atoms with Crippen LogP contribution < -0.4 is 5.11 Å². The smallest absolute Gasteiger partial charge is 0.851 e. The molecule has 2 heterocycles. The van der Waals surface area contributed by atoms with Crippen molar-refractivity contribution in [2.45, 2.75) is 39.1 Å². The van der Waals surface area contributed by atoms with E-state index in [1.54, 1.807) is 6.92 Å². The number of aromatic nitrogens is 3. The van der Waals surface area contributed by atoms with E-state index in [0.717, 1.165) is 51.5 Å². The third kappa shape index (κ3) is 9.37. The predicted octanol–water partition coefficient (Wildman–Crippen LogP) is -0.127. The van der Waals surface area contributed by atoms with Gasteiger partial charge in [0.1, 0.15) is 0 Å². The average molecular weight is 471 g/mol. The second kappa shape index (κ2) is 13.3. The summed E-state index contributed by atoms with van der Waals surface area (Å²) < 4.78 is 1.88. The number of nitrogens with zero attached hydrogens (tertiary/aromatic N) is 6. The Morgan fingerprint density at radius 2 is 1.48 bits per heavy atom. The summed E-state index contributed by atoms with van der Waals surface area (Å²) in [6.45, 7) is 11.5. The topological polar surface area (TPSA) is 83.7 Å². The normalized spacial score (nSPS) is 19.1. The summed E-state index contributed by atoms with van der Waals surface area (Å²) in [6, 6.07) is 10.3. The Bertz CT molecular complexity index is 721. The molecular weight excluding hydrogens is 436 g/mol. The van der Waals surface area contributed by atoms with Gasteiger partial charge in [0.05, 0.1) is 24.5 Å². The summed E-state index contributed by atoms with van der Waals surface area (Å²) in [5.74, 6) is 0. The first-order valence-corrected chi connectivity index (χ1v) is 10.9. The van der Waals surface area contributed by atoms with Gasteiger partial charge >= 0.3 is 17.1 Å². The van der Waals surface area contributed by atoms with E-state index in [0.29, 0.717) is 19.6 Å². The van der Waals surface area contributed by atoms with Crippen LogP contribution in [0.15, 0.2) is 36.5 Å². The van der Waals surface area contributed by atoms with Crippen LogP contribution in [0.4, 0.5) is 0 Å². The Kier molecular flexibility index (Phi) is 11.1. The first-order valence-electron chi connectivity index (χ1n) is 10.9. The molecule has 1 aliphatic heterocycles. The van der Waals surface area contributed by atoms with Gasteiger partial charge in [-0.3, -0.25) is 9.80 Å². The molecule has 3 rings (SSSR count). The Labute approximate surface area is 196 Å². The van der Waals surface area contributed by atoms with Crippen LogP contribution in [0.5, 0.6) is 0 Å². The third-order valence-electron chi connectivity index (χ3n) is 5.39. The third-order valence-corrected chi connectivity index (χ3v) is 5.39. The fourth-order valence-electron chi connectivity index (χ4n) is 3.93. The van der Waals surface area contributed by atoms with Gasteiger partial charge in [-0.15, -0.1) is 11.2 Å². The fraction of sp³-hybridized carbons (Fsp3) is 0.636. The molecule has 0 radical (unpaired) electrons. The molecule has 1 aromatic heterocycles. The molecule has 0 aliphatic carbocycles. The summed E-state index contributed by atoms with van der Waals surface area (Å²) in [4.78, 5) is 6.91. The first-order chi connectivity index (χ1) is 14.5. The van der Waals surface area contributed by atoms with Crippen molar-refractivity contribution in [1.29, 1.82) is 0 Å². The van der Waals surface area contributed by atoms with Gasteiger partial charge < -0.3 is 15.1 Å². The molecule has 31 heavy (non-hydrogen) atoms. The molecule has 2 aromatic rings. The van der Waals surface area contributed by atoms with Crippen LogP contribution in [0.2, 0.25) is 0 Å². The van der Waals surface area contributed by atoms with Gasteiger partial charge in [0.15, 0.2) is 0 Å². The van der Waals surface area contributed by atoms with Crippen molar-refractivity contribution in [3.63, 3.8) is 0 Å². The van der Waals surface area contributed by atoms with Gasteiger partial charge in [0.25, 0.3) is 0 Å². The molecule has 1 fully saturated rings. The van der Waals surface area contributed by atoms with Crippen molar-refractivity contribution in [1.82, 2.24) is 29.7 Å². The Hall–Kier alpha value is -1.32. The standard InChI is InChI=1S/C22H35N6O2.Fe/c1-19(29)14-25-8-9-26(15-20(2)30)11-13-27(12-10-25)17-22-18-28(24-23-22)16-21-6-4-3-5-7-21;/h3-7,18-20,29H,8-17H2,1-2H3;/q-1;+6/t19-,20-;/m0./s1. The van der Waals surface area contributed by atoms with E-state index in [9.17, 15) is 10.2 Å². The number of aliphatic hydroxyl groups excluding tert-OH is 1. The van der Waals surface area contributed by atoms with E-state index in [1.807, 2.05) is 36.0 Å². The molecule has 0 saturated carbocycles. The van der Waals surface area contributed by atoms with Gasteiger partial charge in [-0.2, -0.15) is 0 Å². The van der Waals surface area contributed by atoms with E-state index in [-0.39, 0.29) is 23.2 Å². The van der Waals surface area contributed by atoms with Gasteiger partial charge in [-0.25, -0.2) is 4.68 Å². The number of hydrogen-bond acceptors (Lipinski definition) is 7. The molecule has 1 saturated heterocycles. The Morgan fingerprint density at radius 1 is 0.903 bits per heavy atom. The van der Waals surface area contributed by atoms with Crippen LogP contribution >= 0.6 is 0 Å². The van der Waals surface area contributed by atoms with E-state index in [4.69, 9.17) is 0 Å². The summed E-state index contributed by atoms with van der Waals surface area (Å²) in [5.41, 5.74) is 2.16. The largest absolute Gasteiger partial charge is 6.00 e. The molecule has 0 amide bonds. The van der Waals surface area contributed by atoms with Gasteiger partial charge in [0, 0.05) is 52.4 Å². The molecule has 1 N–H and O–H groups in total. The molecule has 2 atom stereocenters. The average Bonchev–Trinajstić information content (AvgIpc) is 3.16. The van der Waals surface area contributed by atoms with Crippen LogP contribution in [0.1, 0.15) is 25.1 Å². The maximum Gasteiger partial charge on any atom is 6.00 e. The van der Waals surface area contributed by atoms with Gasteiger partial charge in [-0.1, -0.05) is 42.5 Å². The summed E-state index contributed by atoms with van der Waals surface area (Å²) in [6.07, 6.45) is 1.07. The van der Waals surface area contributed by atoms with Crippen molar-refractivity contribution in [2.75, 3.05) is 52.4 Å². The summed E-state index contributed by atoms with van der Waals surface area (Å²) in [5, 5.41) is 30.2. The second-order valence-corrected chi connectivity index (χ2v) is 8.43. The molecule has 0 spiro atoms. The number of hydrogen-bond donors (Lipinski definition) is 1. The fourth-order valence-corrected chi connectivity index (χ4v) is 3.93. The van der Waals surface area contributed by atoms with E-state index in [1.165, 1.54) is 5.56 Å². The van der Waals surface area contributed by atoms with Crippen molar-refractivity contribution in [3.05, 3.63) is 47.8 Å². The molecule has 8 nitrogen and oxygen atoms in total. The van der Waals surface area contributed by atoms with Crippen molar-refractivity contribution in [2.24, 2.45) is 0 Å². The zero-order valence-corrected chi connectivity index (χ0v) is 19.7. The zero-order chi connectivity index (χ0) is 21.3. The van der Waals surface area contributed by atoms with Gasteiger partial charge in [0.2, 0.25) is 0 Å². The molecule has 0 bridgehead atoms. The van der Waals surface area contributed by atoms with Gasteiger partial charge in [-0.05, 0) is 19.0 Å².